The van der Waals surface area contributed by atoms with Crippen molar-refractivity contribution >= 4 is 11.8 Å². The van der Waals surface area contributed by atoms with Crippen LogP contribution in [0, 0.1) is 0 Å². The molecule has 0 aliphatic heterocycles. The van der Waals surface area contributed by atoms with E-state index in [0.717, 1.165) is 23.9 Å². The molecule has 6 heteroatoms. The van der Waals surface area contributed by atoms with Gasteiger partial charge in [0.1, 0.15) is 0 Å². The average Bonchev–Trinajstić information content (AvgIpc) is 2.96. The molecule has 1 unspecified atom stereocenters. The standard InChI is InChI=1S/C15H23N5S/c1-3-4-8-11-16-12-13(2)21-15-17-18-19-20(15)14-9-6-5-7-10-14/h5-7,9-10,13,16H,3-4,8,11-12H2,1-2H3. The Labute approximate surface area is 130 Å². The second kappa shape index (κ2) is 8.79. The van der Waals surface area contributed by atoms with Crippen LogP contribution in [-0.2, 0) is 0 Å². The zero-order valence-corrected chi connectivity index (χ0v) is 13.5. The molecule has 1 aromatic carbocycles. The fraction of sp³-hybridized carbons (Fsp3) is 0.533. The van der Waals surface area contributed by atoms with E-state index in [4.69, 9.17) is 0 Å². The van der Waals surface area contributed by atoms with Crippen molar-refractivity contribution in [2.24, 2.45) is 0 Å². The first kappa shape index (κ1) is 16.0. The van der Waals surface area contributed by atoms with Crippen LogP contribution >= 0.6 is 11.8 Å². The molecule has 21 heavy (non-hydrogen) atoms. The Morgan fingerprint density at radius 3 is 2.81 bits per heavy atom. The minimum Gasteiger partial charge on any atom is -0.316 e. The van der Waals surface area contributed by atoms with Gasteiger partial charge in [0.2, 0.25) is 5.16 Å². The summed E-state index contributed by atoms with van der Waals surface area (Å²) in [5.74, 6) is 0. The van der Waals surface area contributed by atoms with Gasteiger partial charge in [-0.25, -0.2) is 0 Å². The zero-order valence-electron chi connectivity index (χ0n) is 12.7. The number of para-hydroxylation sites is 1. The number of nitrogens with one attached hydrogen (secondary N) is 1. The summed E-state index contributed by atoms with van der Waals surface area (Å²) in [5, 5.41) is 16.8. The summed E-state index contributed by atoms with van der Waals surface area (Å²) in [6.45, 7) is 6.47. The first-order chi connectivity index (χ1) is 10.3. The summed E-state index contributed by atoms with van der Waals surface area (Å²) in [6, 6.07) is 9.99. The van der Waals surface area contributed by atoms with Crippen molar-refractivity contribution in [3.63, 3.8) is 0 Å². The average molecular weight is 305 g/mol. The van der Waals surface area contributed by atoms with Gasteiger partial charge in [-0.15, -0.1) is 5.10 Å². The lowest BCUT2D eigenvalue weighted by atomic mass is 10.2. The molecular formula is C15H23N5S. The van der Waals surface area contributed by atoms with Gasteiger partial charge in [0, 0.05) is 11.8 Å². The lowest BCUT2D eigenvalue weighted by Gasteiger charge is -2.11. The Morgan fingerprint density at radius 2 is 2.05 bits per heavy atom. The molecule has 0 radical (unpaired) electrons. The second-order valence-electron chi connectivity index (χ2n) is 5.05. The van der Waals surface area contributed by atoms with Crippen molar-refractivity contribution in [3.8, 4) is 5.69 Å². The van der Waals surface area contributed by atoms with E-state index in [0.29, 0.717) is 5.25 Å². The molecule has 5 nitrogen and oxygen atoms in total. The molecule has 1 aromatic heterocycles. The lowest BCUT2D eigenvalue weighted by Crippen LogP contribution is -2.24. The number of unbranched alkanes of at least 4 members (excludes halogenated alkanes) is 2. The minimum absolute atomic E-state index is 0.431. The quantitative estimate of drug-likeness (QED) is 0.570. The largest absolute Gasteiger partial charge is 0.316 e. The summed E-state index contributed by atoms with van der Waals surface area (Å²) in [6.07, 6.45) is 3.80. The van der Waals surface area contributed by atoms with Gasteiger partial charge in [-0.05, 0) is 35.5 Å². The first-order valence-electron chi connectivity index (χ1n) is 7.52. The molecule has 0 bridgehead atoms. The van der Waals surface area contributed by atoms with E-state index in [1.807, 2.05) is 30.3 Å². The second-order valence-corrected chi connectivity index (χ2v) is 6.45. The monoisotopic (exact) mass is 305 g/mol. The van der Waals surface area contributed by atoms with Gasteiger partial charge in [0.15, 0.2) is 0 Å². The number of rotatable bonds is 9. The summed E-state index contributed by atoms with van der Waals surface area (Å²) in [5.41, 5.74) is 0.994. The Morgan fingerprint density at radius 1 is 1.24 bits per heavy atom. The number of hydrogen-bond donors (Lipinski definition) is 1. The maximum atomic E-state index is 4.13. The molecular weight excluding hydrogens is 282 g/mol. The molecule has 0 saturated heterocycles. The third-order valence-electron chi connectivity index (χ3n) is 3.14. The van der Waals surface area contributed by atoms with E-state index < -0.39 is 0 Å². The molecule has 0 amide bonds. The molecule has 1 atom stereocenters. The number of tetrazole rings is 1. The Hall–Kier alpha value is -1.40. The first-order valence-corrected chi connectivity index (χ1v) is 8.40. The summed E-state index contributed by atoms with van der Waals surface area (Å²) in [4.78, 5) is 0. The Kier molecular flexibility index (Phi) is 6.69. The van der Waals surface area contributed by atoms with Gasteiger partial charge < -0.3 is 5.32 Å². The number of nitrogens with zero attached hydrogens (tertiary/aromatic N) is 4. The molecule has 1 N–H and O–H groups in total. The van der Waals surface area contributed by atoms with E-state index in [2.05, 4.69) is 34.7 Å². The van der Waals surface area contributed by atoms with Crippen LogP contribution in [0.1, 0.15) is 33.1 Å². The Balaban J connectivity index is 1.85. The van der Waals surface area contributed by atoms with Gasteiger partial charge >= 0.3 is 0 Å². The number of hydrogen-bond acceptors (Lipinski definition) is 5. The van der Waals surface area contributed by atoms with Gasteiger partial charge in [-0.1, -0.05) is 56.7 Å². The topological polar surface area (TPSA) is 55.6 Å². The van der Waals surface area contributed by atoms with Crippen LogP contribution in [0.4, 0.5) is 0 Å². The third kappa shape index (κ3) is 5.13. The SMILES string of the molecule is CCCCCNCC(C)Sc1nnnn1-c1ccccc1. The third-order valence-corrected chi connectivity index (χ3v) is 4.17. The van der Waals surface area contributed by atoms with Crippen molar-refractivity contribution in [3.05, 3.63) is 30.3 Å². The molecule has 0 aliphatic rings. The summed E-state index contributed by atoms with van der Waals surface area (Å²) < 4.78 is 1.79. The maximum Gasteiger partial charge on any atom is 0.214 e. The van der Waals surface area contributed by atoms with Gasteiger partial charge in [0.05, 0.1) is 5.69 Å². The number of thioether (sulfide) groups is 1. The Bertz CT molecular complexity index is 514. The predicted molar refractivity (Wildman–Crippen MR) is 86.9 cm³/mol. The molecule has 0 fully saturated rings. The van der Waals surface area contributed by atoms with Crippen LogP contribution in [0.2, 0.25) is 0 Å². The van der Waals surface area contributed by atoms with Crippen molar-refractivity contribution in [1.29, 1.82) is 0 Å². The fourth-order valence-electron chi connectivity index (χ4n) is 2.01. The predicted octanol–water partition coefficient (Wildman–Crippen LogP) is 2.92. The minimum atomic E-state index is 0.431. The van der Waals surface area contributed by atoms with Crippen LogP contribution in [0.15, 0.2) is 35.5 Å². The zero-order chi connectivity index (χ0) is 14.9. The van der Waals surface area contributed by atoms with Crippen molar-refractivity contribution in [1.82, 2.24) is 25.5 Å². The highest BCUT2D eigenvalue weighted by molar-refractivity contribution is 7.99. The van der Waals surface area contributed by atoms with Crippen molar-refractivity contribution in [2.75, 3.05) is 13.1 Å². The van der Waals surface area contributed by atoms with E-state index in [9.17, 15) is 0 Å². The summed E-state index contributed by atoms with van der Waals surface area (Å²) in [7, 11) is 0. The van der Waals surface area contributed by atoms with Crippen molar-refractivity contribution in [2.45, 2.75) is 43.5 Å². The van der Waals surface area contributed by atoms with Gasteiger partial charge in [0.25, 0.3) is 0 Å². The highest BCUT2D eigenvalue weighted by Crippen LogP contribution is 2.22. The maximum absolute atomic E-state index is 4.13. The molecule has 2 aromatic rings. The highest BCUT2D eigenvalue weighted by Gasteiger charge is 2.12. The number of aromatic nitrogens is 4. The van der Waals surface area contributed by atoms with E-state index in [-0.39, 0.29) is 0 Å². The fourth-order valence-corrected chi connectivity index (χ4v) is 2.90. The molecule has 114 valence electrons. The molecule has 0 saturated carbocycles. The van der Waals surface area contributed by atoms with Gasteiger partial charge in [-0.2, -0.15) is 4.68 Å². The van der Waals surface area contributed by atoms with Crippen LogP contribution in [0.3, 0.4) is 0 Å². The molecule has 1 heterocycles. The smallest absolute Gasteiger partial charge is 0.214 e. The normalized spacial score (nSPS) is 12.5. The molecule has 0 spiro atoms. The van der Waals surface area contributed by atoms with E-state index in [1.54, 1.807) is 16.4 Å². The molecule has 0 aliphatic carbocycles. The van der Waals surface area contributed by atoms with Crippen LogP contribution in [0.25, 0.3) is 5.69 Å². The van der Waals surface area contributed by atoms with Crippen LogP contribution in [0.5, 0.6) is 0 Å². The van der Waals surface area contributed by atoms with E-state index in [1.165, 1.54) is 19.3 Å². The lowest BCUT2D eigenvalue weighted by molar-refractivity contribution is 0.615. The molecule has 2 rings (SSSR count). The van der Waals surface area contributed by atoms with Crippen LogP contribution < -0.4 is 5.32 Å². The number of benzene rings is 1. The summed E-state index contributed by atoms with van der Waals surface area (Å²) >= 11 is 1.70. The van der Waals surface area contributed by atoms with E-state index >= 15 is 0 Å². The highest BCUT2D eigenvalue weighted by atomic mass is 32.2. The van der Waals surface area contributed by atoms with Crippen molar-refractivity contribution < 1.29 is 0 Å². The van der Waals surface area contributed by atoms with Crippen LogP contribution in [-0.4, -0.2) is 38.5 Å². The van der Waals surface area contributed by atoms with Gasteiger partial charge in [-0.3, -0.25) is 0 Å².